The molecular weight excluding hydrogens is 174 g/mol. The third-order valence-corrected chi connectivity index (χ3v) is 1.32. The minimum absolute atomic E-state index is 0.389. The molecular formula is C7H5F4N. The molecule has 0 bridgehead atoms. The predicted octanol–water partition coefficient (Wildman–Crippen LogP) is 2.63. The summed E-state index contributed by atoms with van der Waals surface area (Å²) in [6, 6.07) is 0.722. The van der Waals surface area contributed by atoms with Gasteiger partial charge in [0.1, 0.15) is 18.2 Å². The number of rotatable bonds is 2. The summed E-state index contributed by atoms with van der Waals surface area (Å²) in [6.45, 7) is -1.10. The molecule has 1 nitrogen and oxygen atoms in total. The van der Waals surface area contributed by atoms with Gasteiger partial charge < -0.3 is 0 Å². The molecule has 0 aliphatic carbocycles. The van der Waals surface area contributed by atoms with Crippen molar-refractivity contribution in [2.75, 3.05) is 0 Å². The molecule has 1 aromatic heterocycles. The maximum absolute atomic E-state index is 12.5. The van der Waals surface area contributed by atoms with Crippen molar-refractivity contribution in [2.24, 2.45) is 0 Å². The third-order valence-electron chi connectivity index (χ3n) is 1.32. The lowest BCUT2D eigenvalue weighted by Gasteiger charge is -2.00. The van der Waals surface area contributed by atoms with Crippen molar-refractivity contribution >= 4 is 0 Å². The Bertz CT molecular complexity index is 274. The Balaban J connectivity index is 3.05. The fourth-order valence-electron chi connectivity index (χ4n) is 0.721. The average Bonchev–Trinajstić information content (AvgIpc) is 2.05. The topological polar surface area (TPSA) is 12.9 Å². The maximum atomic E-state index is 12.5. The van der Waals surface area contributed by atoms with Gasteiger partial charge in [0, 0.05) is 5.56 Å². The number of aromatic nitrogens is 1. The van der Waals surface area contributed by atoms with Gasteiger partial charge in [-0.1, -0.05) is 0 Å². The smallest absolute Gasteiger partial charge is 0.252 e. The van der Waals surface area contributed by atoms with E-state index in [1.54, 1.807) is 0 Å². The Morgan fingerprint density at radius 3 is 2.58 bits per heavy atom. The normalized spacial score (nSPS) is 10.8. The molecule has 0 aromatic carbocycles. The van der Waals surface area contributed by atoms with Gasteiger partial charge in [0.05, 0.1) is 6.20 Å². The van der Waals surface area contributed by atoms with Crippen molar-refractivity contribution in [2.45, 2.75) is 13.1 Å². The minimum atomic E-state index is -2.80. The van der Waals surface area contributed by atoms with Crippen LogP contribution in [0.5, 0.6) is 0 Å². The number of alkyl halides is 3. The second-order valence-electron chi connectivity index (χ2n) is 2.13. The van der Waals surface area contributed by atoms with Gasteiger partial charge in [0.2, 0.25) is 0 Å². The molecule has 0 unspecified atom stereocenters. The number of halogens is 4. The standard InChI is InChI=1S/C7H5F4N/c8-2-4-1-6(7(10)11)12-3-5(4)9/h1,3,7H,2H2. The molecule has 12 heavy (non-hydrogen) atoms. The lowest BCUT2D eigenvalue weighted by molar-refractivity contribution is 0.145. The molecule has 0 aliphatic rings. The average molecular weight is 179 g/mol. The molecule has 0 N–H and O–H groups in total. The van der Waals surface area contributed by atoms with Crippen LogP contribution in [0.15, 0.2) is 12.3 Å². The van der Waals surface area contributed by atoms with Crippen LogP contribution in [0.4, 0.5) is 17.6 Å². The van der Waals surface area contributed by atoms with E-state index in [2.05, 4.69) is 4.98 Å². The van der Waals surface area contributed by atoms with Crippen molar-refractivity contribution < 1.29 is 17.6 Å². The molecule has 0 radical (unpaired) electrons. The van der Waals surface area contributed by atoms with E-state index in [-0.39, 0.29) is 5.56 Å². The largest absolute Gasteiger partial charge is 0.280 e. The van der Waals surface area contributed by atoms with Crippen LogP contribution < -0.4 is 0 Å². The summed E-state index contributed by atoms with van der Waals surface area (Å²) in [5, 5.41) is 0. The summed E-state index contributed by atoms with van der Waals surface area (Å²) in [5.74, 6) is -0.901. The molecule has 66 valence electrons. The van der Waals surface area contributed by atoms with Crippen LogP contribution in [0.25, 0.3) is 0 Å². The predicted molar refractivity (Wildman–Crippen MR) is 34.0 cm³/mol. The van der Waals surface area contributed by atoms with Gasteiger partial charge >= 0.3 is 0 Å². The lowest BCUT2D eigenvalue weighted by atomic mass is 10.2. The van der Waals surface area contributed by atoms with Crippen LogP contribution in [0, 0.1) is 5.82 Å². The molecule has 0 amide bonds. The molecule has 1 heterocycles. The summed E-state index contributed by atoms with van der Waals surface area (Å²) in [5.41, 5.74) is -0.996. The molecule has 0 aliphatic heterocycles. The van der Waals surface area contributed by atoms with Crippen LogP contribution in [0.1, 0.15) is 17.7 Å². The highest BCUT2D eigenvalue weighted by Gasteiger charge is 2.11. The molecule has 0 atom stereocenters. The molecule has 0 saturated carbocycles. The summed E-state index contributed by atoms with van der Waals surface area (Å²) in [6.07, 6.45) is -2.20. The first-order chi connectivity index (χ1) is 5.65. The van der Waals surface area contributed by atoms with Crippen LogP contribution in [0.2, 0.25) is 0 Å². The second kappa shape index (κ2) is 3.51. The zero-order valence-corrected chi connectivity index (χ0v) is 5.90. The Labute approximate surface area is 66.0 Å². The fraction of sp³-hybridized carbons (Fsp3) is 0.286. The van der Waals surface area contributed by atoms with E-state index in [9.17, 15) is 17.6 Å². The van der Waals surface area contributed by atoms with E-state index in [1.165, 1.54) is 0 Å². The Kier molecular flexibility index (Phi) is 2.62. The van der Waals surface area contributed by atoms with E-state index in [1.807, 2.05) is 0 Å². The second-order valence-corrected chi connectivity index (χ2v) is 2.13. The van der Waals surface area contributed by atoms with Crippen molar-refractivity contribution in [1.82, 2.24) is 4.98 Å². The summed E-state index contributed by atoms with van der Waals surface area (Å²) in [7, 11) is 0. The van der Waals surface area contributed by atoms with Gasteiger partial charge in [-0.15, -0.1) is 0 Å². The number of hydrogen-bond acceptors (Lipinski definition) is 1. The van der Waals surface area contributed by atoms with E-state index >= 15 is 0 Å². The van der Waals surface area contributed by atoms with Crippen LogP contribution in [0.3, 0.4) is 0 Å². The van der Waals surface area contributed by atoms with Crippen molar-refractivity contribution in [1.29, 1.82) is 0 Å². The molecule has 0 spiro atoms. The Hall–Kier alpha value is -1.13. The zero-order chi connectivity index (χ0) is 9.14. The quantitative estimate of drug-likeness (QED) is 0.636. The van der Waals surface area contributed by atoms with Gasteiger partial charge in [0.25, 0.3) is 6.43 Å². The molecule has 0 saturated heterocycles. The fourth-order valence-corrected chi connectivity index (χ4v) is 0.721. The molecule has 1 rings (SSSR count). The molecule has 0 fully saturated rings. The van der Waals surface area contributed by atoms with Crippen molar-refractivity contribution in [3.63, 3.8) is 0 Å². The van der Waals surface area contributed by atoms with Gasteiger partial charge in [0.15, 0.2) is 0 Å². The summed E-state index contributed by atoms with van der Waals surface area (Å²) >= 11 is 0. The Morgan fingerprint density at radius 1 is 1.42 bits per heavy atom. The Morgan fingerprint density at radius 2 is 2.08 bits per heavy atom. The van der Waals surface area contributed by atoms with E-state index in [4.69, 9.17) is 0 Å². The monoisotopic (exact) mass is 179 g/mol. The molecule has 1 aromatic rings. The van der Waals surface area contributed by atoms with Crippen molar-refractivity contribution in [3.8, 4) is 0 Å². The summed E-state index contributed by atoms with van der Waals surface area (Å²) < 4.78 is 48.2. The summed E-state index contributed by atoms with van der Waals surface area (Å²) in [4.78, 5) is 3.09. The first-order valence-electron chi connectivity index (χ1n) is 3.13. The zero-order valence-electron chi connectivity index (χ0n) is 5.90. The van der Waals surface area contributed by atoms with Gasteiger partial charge in [-0.25, -0.2) is 17.6 Å². The SMILES string of the molecule is FCc1cc(C(F)F)ncc1F. The molecule has 5 heteroatoms. The highest BCUT2D eigenvalue weighted by molar-refractivity contribution is 5.18. The number of nitrogens with zero attached hydrogens (tertiary/aromatic N) is 1. The number of hydrogen-bond donors (Lipinski definition) is 0. The van der Waals surface area contributed by atoms with Gasteiger partial charge in [-0.05, 0) is 6.07 Å². The minimum Gasteiger partial charge on any atom is -0.252 e. The van der Waals surface area contributed by atoms with Gasteiger partial charge in [-0.2, -0.15) is 0 Å². The van der Waals surface area contributed by atoms with Crippen LogP contribution >= 0.6 is 0 Å². The van der Waals surface area contributed by atoms with E-state index < -0.39 is 24.6 Å². The number of pyridine rings is 1. The third kappa shape index (κ3) is 1.72. The highest BCUT2D eigenvalue weighted by atomic mass is 19.3. The van der Waals surface area contributed by atoms with Crippen molar-refractivity contribution in [3.05, 3.63) is 29.3 Å². The maximum Gasteiger partial charge on any atom is 0.280 e. The van der Waals surface area contributed by atoms with E-state index in [0.717, 1.165) is 6.07 Å². The van der Waals surface area contributed by atoms with Crippen LogP contribution in [-0.2, 0) is 6.67 Å². The first-order valence-corrected chi connectivity index (χ1v) is 3.13. The van der Waals surface area contributed by atoms with Crippen LogP contribution in [-0.4, -0.2) is 4.98 Å². The highest BCUT2D eigenvalue weighted by Crippen LogP contribution is 2.18. The first kappa shape index (κ1) is 8.96. The van der Waals surface area contributed by atoms with Gasteiger partial charge in [-0.3, -0.25) is 4.98 Å². The van der Waals surface area contributed by atoms with E-state index in [0.29, 0.717) is 6.20 Å². The lowest BCUT2D eigenvalue weighted by Crippen LogP contribution is -1.95.